The number of rotatable bonds is 4. The maximum Gasteiger partial charge on any atom is 0.246 e. The zero-order valence-electron chi connectivity index (χ0n) is 11.8. The summed E-state index contributed by atoms with van der Waals surface area (Å²) in [5, 5.41) is 6.48. The van der Waals surface area contributed by atoms with Gasteiger partial charge in [-0.1, -0.05) is 6.92 Å². The van der Waals surface area contributed by atoms with Gasteiger partial charge in [0, 0.05) is 32.2 Å². The minimum atomic E-state index is -3.39. The number of aromatic nitrogens is 2. The molecule has 19 heavy (non-hydrogen) atoms. The van der Waals surface area contributed by atoms with E-state index in [-0.39, 0.29) is 0 Å². The van der Waals surface area contributed by atoms with Crippen molar-refractivity contribution < 1.29 is 8.42 Å². The summed E-state index contributed by atoms with van der Waals surface area (Å²) in [6.45, 7) is 8.77. The molecule has 1 atom stereocenters. The van der Waals surface area contributed by atoms with Gasteiger partial charge in [-0.15, -0.1) is 0 Å². The van der Waals surface area contributed by atoms with Crippen LogP contribution in [0, 0.1) is 6.92 Å². The van der Waals surface area contributed by atoms with Gasteiger partial charge in [-0.05, 0) is 20.3 Å². The van der Waals surface area contributed by atoms with E-state index in [0.29, 0.717) is 29.7 Å². The van der Waals surface area contributed by atoms with Gasteiger partial charge in [-0.25, -0.2) is 8.42 Å². The van der Waals surface area contributed by atoms with Crippen molar-refractivity contribution in [1.82, 2.24) is 19.4 Å². The van der Waals surface area contributed by atoms with Crippen LogP contribution < -0.4 is 0 Å². The highest BCUT2D eigenvalue weighted by atomic mass is 32.2. The number of nitrogens with one attached hydrogen (secondary N) is 1. The van der Waals surface area contributed by atoms with Gasteiger partial charge in [0.15, 0.2) is 0 Å². The third-order valence-electron chi connectivity index (χ3n) is 3.89. The van der Waals surface area contributed by atoms with Crippen LogP contribution in [0.3, 0.4) is 0 Å². The zero-order chi connectivity index (χ0) is 14.0. The largest absolute Gasteiger partial charge is 0.298 e. The van der Waals surface area contributed by atoms with E-state index in [1.165, 1.54) is 6.20 Å². The average Bonchev–Trinajstić information content (AvgIpc) is 2.85. The summed E-state index contributed by atoms with van der Waals surface area (Å²) in [6.07, 6.45) is 2.49. The maximum atomic E-state index is 12.5. The van der Waals surface area contributed by atoms with Crippen molar-refractivity contribution in [3.05, 3.63) is 11.9 Å². The van der Waals surface area contributed by atoms with Crippen LogP contribution >= 0.6 is 0 Å². The van der Waals surface area contributed by atoms with Crippen LogP contribution in [0.2, 0.25) is 0 Å². The molecule has 108 valence electrons. The summed E-state index contributed by atoms with van der Waals surface area (Å²) in [5.74, 6) is 0. The second kappa shape index (κ2) is 5.60. The number of hydrogen-bond donors (Lipinski definition) is 1. The molecule has 6 nitrogen and oxygen atoms in total. The number of hydrogen-bond acceptors (Lipinski definition) is 4. The SMILES string of the molecule is CCC(C)N1CCN(S(=O)(=O)c2cn[nH]c2C)CC1. The molecule has 1 fully saturated rings. The number of aromatic amines is 1. The third kappa shape index (κ3) is 2.82. The second-order valence-corrected chi connectivity index (χ2v) is 6.96. The van der Waals surface area contributed by atoms with Gasteiger partial charge in [0.05, 0.1) is 11.9 Å². The first kappa shape index (κ1) is 14.5. The first-order valence-corrected chi connectivity index (χ1v) is 8.15. The van der Waals surface area contributed by atoms with E-state index in [0.717, 1.165) is 19.5 Å². The summed E-state index contributed by atoms with van der Waals surface area (Å²) in [7, 11) is -3.39. The summed E-state index contributed by atoms with van der Waals surface area (Å²) in [6, 6.07) is 0.514. The molecular formula is C12H22N4O2S. The molecule has 0 bridgehead atoms. The van der Waals surface area contributed by atoms with Gasteiger partial charge >= 0.3 is 0 Å². The molecule has 0 saturated carbocycles. The predicted octanol–water partition coefficient (Wildman–Crippen LogP) is 0.823. The molecule has 1 unspecified atom stereocenters. The van der Waals surface area contributed by atoms with Crippen molar-refractivity contribution in [2.45, 2.75) is 38.1 Å². The fraction of sp³-hybridized carbons (Fsp3) is 0.750. The van der Waals surface area contributed by atoms with Gasteiger partial charge in [0.2, 0.25) is 10.0 Å². The van der Waals surface area contributed by atoms with Crippen LogP contribution in [-0.2, 0) is 10.0 Å². The molecule has 1 aliphatic rings. The lowest BCUT2D eigenvalue weighted by molar-refractivity contribution is 0.142. The maximum absolute atomic E-state index is 12.5. The number of nitrogens with zero attached hydrogens (tertiary/aromatic N) is 3. The molecule has 0 aliphatic carbocycles. The van der Waals surface area contributed by atoms with Crippen LogP contribution in [0.4, 0.5) is 0 Å². The third-order valence-corrected chi connectivity index (χ3v) is 5.90. The smallest absolute Gasteiger partial charge is 0.246 e. The molecule has 0 radical (unpaired) electrons. The van der Waals surface area contributed by atoms with Gasteiger partial charge in [0.25, 0.3) is 0 Å². The monoisotopic (exact) mass is 286 g/mol. The van der Waals surface area contributed by atoms with Crippen LogP contribution in [0.5, 0.6) is 0 Å². The molecule has 0 spiro atoms. The van der Waals surface area contributed by atoms with Gasteiger partial charge in [-0.2, -0.15) is 9.40 Å². The fourth-order valence-electron chi connectivity index (χ4n) is 2.38. The van der Waals surface area contributed by atoms with Gasteiger partial charge < -0.3 is 0 Å². The molecular weight excluding hydrogens is 264 g/mol. The average molecular weight is 286 g/mol. The van der Waals surface area contributed by atoms with Crippen molar-refractivity contribution >= 4 is 10.0 Å². The Morgan fingerprint density at radius 1 is 1.37 bits per heavy atom. The van der Waals surface area contributed by atoms with Crippen LogP contribution in [0.25, 0.3) is 0 Å². The molecule has 2 rings (SSSR count). The van der Waals surface area contributed by atoms with Crippen molar-refractivity contribution in [3.8, 4) is 0 Å². The Kier molecular flexibility index (Phi) is 4.27. The normalized spacial score (nSPS) is 20.6. The lowest BCUT2D eigenvalue weighted by atomic mass is 10.2. The highest BCUT2D eigenvalue weighted by molar-refractivity contribution is 7.89. The summed E-state index contributed by atoms with van der Waals surface area (Å²) < 4.78 is 26.5. The molecule has 1 N–H and O–H groups in total. The Morgan fingerprint density at radius 2 is 2.00 bits per heavy atom. The molecule has 1 saturated heterocycles. The van der Waals surface area contributed by atoms with Crippen LogP contribution in [0.1, 0.15) is 26.0 Å². The molecule has 1 aliphatic heterocycles. The van der Waals surface area contributed by atoms with Crippen molar-refractivity contribution in [2.75, 3.05) is 26.2 Å². The standard InChI is InChI=1S/C12H22N4O2S/c1-4-10(2)15-5-7-16(8-6-15)19(17,18)12-9-13-14-11(12)3/h9-10H,4-8H2,1-3H3,(H,13,14). The fourth-order valence-corrected chi connectivity index (χ4v) is 3.92. The first-order valence-electron chi connectivity index (χ1n) is 6.71. The van der Waals surface area contributed by atoms with Crippen LogP contribution in [0.15, 0.2) is 11.1 Å². The quantitative estimate of drug-likeness (QED) is 0.890. The summed E-state index contributed by atoms with van der Waals surface area (Å²) in [5.41, 5.74) is 0.601. The Hall–Kier alpha value is -0.920. The Bertz CT molecular complexity index is 518. The van der Waals surface area contributed by atoms with E-state index in [4.69, 9.17) is 0 Å². The Balaban J connectivity index is 2.08. The Labute approximate surface area is 114 Å². The van der Waals surface area contributed by atoms with Gasteiger partial charge in [0.1, 0.15) is 4.90 Å². The van der Waals surface area contributed by atoms with E-state index in [2.05, 4.69) is 28.9 Å². The minimum Gasteiger partial charge on any atom is -0.298 e. The highest BCUT2D eigenvalue weighted by Gasteiger charge is 2.31. The Morgan fingerprint density at radius 3 is 2.47 bits per heavy atom. The van der Waals surface area contributed by atoms with Gasteiger partial charge in [-0.3, -0.25) is 10.00 Å². The molecule has 7 heteroatoms. The molecule has 0 amide bonds. The zero-order valence-corrected chi connectivity index (χ0v) is 12.6. The second-order valence-electron chi connectivity index (χ2n) is 5.06. The molecule has 1 aromatic rings. The highest BCUT2D eigenvalue weighted by Crippen LogP contribution is 2.20. The first-order chi connectivity index (χ1) is 8.96. The van der Waals surface area contributed by atoms with Crippen molar-refractivity contribution in [3.63, 3.8) is 0 Å². The predicted molar refractivity (Wildman–Crippen MR) is 73.4 cm³/mol. The lowest BCUT2D eigenvalue weighted by Crippen LogP contribution is -2.51. The van der Waals surface area contributed by atoms with E-state index in [1.54, 1.807) is 11.2 Å². The summed E-state index contributed by atoms with van der Waals surface area (Å²) >= 11 is 0. The van der Waals surface area contributed by atoms with E-state index in [1.807, 2.05) is 0 Å². The molecule has 1 aromatic heterocycles. The number of H-pyrrole nitrogens is 1. The molecule has 0 aromatic carbocycles. The van der Waals surface area contributed by atoms with Crippen molar-refractivity contribution in [1.29, 1.82) is 0 Å². The summed E-state index contributed by atoms with van der Waals surface area (Å²) in [4.78, 5) is 2.64. The van der Waals surface area contributed by atoms with Crippen LogP contribution in [-0.4, -0.2) is 60.0 Å². The van der Waals surface area contributed by atoms with E-state index in [9.17, 15) is 8.42 Å². The van der Waals surface area contributed by atoms with Crippen molar-refractivity contribution in [2.24, 2.45) is 0 Å². The topological polar surface area (TPSA) is 69.3 Å². The minimum absolute atomic E-state index is 0.296. The lowest BCUT2D eigenvalue weighted by Gasteiger charge is -2.37. The number of piperazine rings is 1. The van der Waals surface area contributed by atoms with E-state index < -0.39 is 10.0 Å². The molecule has 2 heterocycles. The number of aryl methyl sites for hydroxylation is 1. The van der Waals surface area contributed by atoms with E-state index >= 15 is 0 Å². The number of sulfonamides is 1.